The van der Waals surface area contributed by atoms with E-state index < -0.39 is 17.6 Å². The SMILES string of the molecule is CC(=O)Nc1cc(NC(=O)CCN2C(=O)CCC2=O)ccc1F. The zero-order valence-corrected chi connectivity index (χ0v) is 12.5. The largest absolute Gasteiger partial charge is 0.326 e. The van der Waals surface area contributed by atoms with Crippen LogP contribution in [0.2, 0.25) is 0 Å². The van der Waals surface area contributed by atoms with Crippen LogP contribution in [0.3, 0.4) is 0 Å². The Labute approximate surface area is 131 Å². The Kier molecular flexibility index (Phi) is 5.05. The molecule has 23 heavy (non-hydrogen) atoms. The number of nitrogens with zero attached hydrogens (tertiary/aromatic N) is 1. The molecular formula is C15H16FN3O4. The molecule has 1 aromatic carbocycles. The smallest absolute Gasteiger partial charge is 0.229 e. The van der Waals surface area contributed by atoms with E-state index >= 15 is 0 Å². The molecule has 2 rings (SSSR count). The maximum Gasteiger partial charge on any atom is 0.229 e. The number of nitrogens with one attached hydrogen (secondary N) is 2. The van der Waals surface area contributed by atoms with Crippen LogP contribution in [0.4, 0.5) is 15.8 Å². The molecule has 0 bridgehead atoms. The number of halogens is 1. The predicted octanol–water partition coefficient (Wildman–Crippen LogP) is 1.26. The predicted molar refractivity (Wildman–Crippen MR) is 79.9 cm³/mol. The Morgan fingerprint density at radius 3 is 2.43 bits per heavy atom. The average molecular weight is 321 g/mol. The van der Waals surface area contributed by atoms with Crippen molar-refractivity contribution in [1.29, 1.82) is 0 Å². The van der Waals surface area contributed by atoms with E-state index in [2.05, 4.69) is 10.6 Å². The van der Waals surface area contributed by atoms with Crippen molar-refractivity contribution in [2.45, 2.75) is 26.2 Å². The highest BCUT2D eigenvalue weighted by Gasteiger charge is 2.28. The van der Waals surface area contributed by atoms with Gasteiger partial charge in [0, 0.05) is 38.4 Å². The molecule has 122 valence electrons. The van der Waals surface area contributed by atoms with Crippen molar-refractivity contribution in [3.8, 4) is 0 Å². The van der Waals surface area contributed by atoms with Crippen LogP contribution in [-0.4, -0.2) is 35.1 Å². The lowest BCUT2D eigenvalue weighted by Crippen LogP contribution is -2.32. The lowest BCUT2D eigenvalue weighted by atomic mass is 10.2. The van der Waals surface area contributed by atoms with E-state index in [0.717, 1.165) is 11.0 Å². The number of amides is 4. The van der Waals surface area contributed by atoms with Gasteiger partial charge in [-0.25, -0.2) is 4.39 Å². The number of benzene rings is 1. The van der Waals surface area contributed by atoms with Crippen LogP contribution in [0.25, 0.3) is 0 Å². The average Bonchev–Trinajstić information content (AvgIpc) is 2.79. The second-order valence-corrected chi connectivity index (χ2v) is 5.11. The second-order valence-electron chi connectivity index (χ2n) is 5.11. The highest BCUT2D eigenvalue weighted by molar-refractivity contribution is 6.02. The molecular weight excluding hydrogens is 305 g/mol. The summed E-state index contributed by atoms with van der Waals surface area (Å²) in [4.78, 5) is 46.8. The van der Waals surface area contributed by atoms with Crippen LogP contribution in [0.15, 0.2) is 18.2 Å². The lowest BCUT2D eigenvalue weighted by Gasteiger charge is -2.13. The monoisotopic (exact) mass is 321 g/mol. The first-order valence-electron chi connectivity index (χ1n) is 7.07. The van der Waals surface area contributed by atoms with Crippen molar-refractivity contribution in [2.24, 2.45) is 0 Å². The lowest BCUT2D eigenvalue weighted by molar-refractivity contribution is -0.138. The zero-order chi connectivity index (χ0) is 17.0. The number of imide groups is 1. The number of anilines is 2. The summed E-state index contributed by atoms with van der Waals surface area (Å²) in [6.45, 7) is 1.26. The summed E-state index contributed by atoms with van der Waals surface area (Å²) in [5, 5.41) is 4.84. The highest BCUT2D eigenvalue weighted by Crippen LogP contribution is 2.20. The standard InChI is InChI=1S/C15H16FN3O4/c1-9(20)17-12-8-10(2-3-11(12)16)18-13(21)6-7-19-14(22)4-5-15(19)23/h2-3,8H,4-7H2,1H3,(H,17,20)(H,18,21). The van der Waals surface area contributed by atoms with E-state index in [1.165, 1.54) is 19.1 Å². The molecule has 0 spiro atoms. The first-order valence-corrected chi connectivity index (χ1v) is 7.07. The van der Waals surface area contributed by atoms with Crippen molar-refractivity contribution in [1.82, 2.24) is 4.90 Å². The Hall–Kier alpha value is -2.77. The first-order chi connectivity index (χ1) is 10.9. The molecule has 0 unspecified atom stereocenters. The molecule has 1 heterocycles. The molecule has 1 saturated heterocycles. The Morgan fingerprint density at radius 1 is 1.17 bits per heavy atom. The Bertz CT molecular complexity index is 659. The third-order valence-electron chi connectivity index (χ3n) is 3.28. The maximum absolute atomic E-state index is 13.5. The van der Waals surface area contributed by atoms with Gasteiger partial charge in [0.1, 0.15) is 5.82 Å². The van der Waals surface area contributed by atoms with Gasteiger partial charge in [0.05, 0.1) is 5.69 Å². The van der Waals surface area contributed by atoms with Gasteiger partial charge < -0.3 is 10.6 Å². The fraction of sp³-hybridized carbons (Fsp3) is 0.333. The van der Waals surface area contributed by atoms with Crippen molar-refractivity contribution in [3.63, 3.8) is 0 Å². The molecule has 1 aliphatic rings. The van der Waals surface area contributed by atoms with Gasteiger partial charge in [-0.2, -0.15) is 0 Å². The molecule has 0 atom stereocenters. The minimum atomic E-state index is -0.619. The molecule has 4 amide bonds. The fourth-order valence-corrected chi connectivity index (χ4v) is 2.20. The Balaban J connectivity index is 1.93. The van der Waals surface area contributed by atoms with E-state index in [-0.39, 0.29) is 43.3 Å². The molecule has 2 N–H and O–H groups in total. The van der Waals surface area contributed by atoms with E-state index in [1.54, 1.807) is 0 Å². The number of hydrogen-bond acceptors (Lipinski definition) is 4. The maximum atomic E-state index is 13.5. The van der Waals surface area contributed by atoms with E-state index in [1.807, 2.05) is 0 Å². The minimum Gasteiger partial charge on any atom is -0.326 e. The number of likely N-dealkylation sites (tertiary alicyclic amines) is 1. The number of carbonyl (C=O) groups is 4. The second kappa shape index (κ2) is 6.99. The van der Waals surface area contributed by atoms with Gasteiger partial charge in [-0.1, -0.05) is 0 Å². The van der Waals surface area contributed by atoms with Crippen molar-refractivity contribution in [3.05, 3.63) is 24.0 Å². The highest BCUT2D eigenvalue weighted by atomic mass is 19.1. The molecule has 0 aliphatic carbocycles. The molecule has 7 nitrogen and oxygen atoms in total. The third-order valence-corrected chi connectivity index (χ3v) is 3.28. The summed E-state index contributed by atoms with van der Waals surface area (Å²) in [7, 11) is 0. The van der Waals surface area contributed by atoms with E-state index in [9.17, 15) is 23.6 Å². The minimum absolute atomic E-state index is 0.0171. The number of carbonyl (C=O) groups excluding carboxylic acids is 4. The summed E-state index contributed by atoms with van der Waals surface area (Å²) >= 11 is 0. The van der Waals surface area contributed by atoms with Gasteiger partial charge in [-0.15, -0.1) is 0 Å². The summed E-state index contributed by atoms with van der Waals surface area (Å²) < 4.78 is 13.5. The van der Waals surface area contributed by atoms with Crippen molar-refractivity contribution >= 4 is 35.0 Å². The fourth-order valence-electron chi connectivity index (χ4n) is 2.20. The molecule has 1 fully saturated rings. The Morgan fingerprint density at radius 2 is 1.83 bits per heavy atom. The molecule has 0 radical (unpaired) electrons. The van der Waals surface area contributed by atoms with Crippen LogP contribution in [0, 0.1) is 5.82 Å². The molecule has 0 aromatic heterocycles. The van der Waals surface area contributed by atoms with Gasteiger partial charge in [0.25, 0.3) is 0 Å². The summed E-state index contributed by atoms with van der Waals surface area (Å²) in [5.74, 6) is -2.03. The topological polar surface area (TPSA) is 95.6 Å². The van der Waals surface area contributed by atoms with Gasteiger partial charge in [-0.05, 0) is 18.2 Å². The van der Waals surface area contributed by atoms with E-state index in [0.29, 0.717) is 5.69 Å². The van der Waals surface area contributed by atoms with Gasteiger partial charge in [0.15, 0.2) is 0 Å². The summed E-state index contributed by atoms with van der Waals surface area (Å²) in [6, 6.07) is 3.76. The molecule has 1 aliphatic heterocycles. The summed E-state index contributed by atoms with van der Waals surface area (Å²) in [5.41, 5.74) is 0.263. The number of hydrogen-bond donors (Lipinski definition) is 2. The quantitative estimate of drug-likeness (QED) is 0.798. The third kappa shape index (κ3) is 4.35. The zero-order valence-electron chi connectivity index (χ0n) is 12.5. The van der Waals surface area contributed by atoms with Gasteiger partial charge >= 0.3 is 0 Å². The van der Waals surface area contributed by atoms with Crippen LogP contribution in [0.1, 0.15) is 26.2 Å². The van der Waals surface area contributed by atoms with Crippen LogP contribution < -0.4 is 10.6 Å². The van der Waals surface area contributed by atoms with E-state index in [4.69, 9.17) is 0 Å². The van der Waals surface area contributed by atoms with Gasteiger partial charge in [-0.3, -0.25) is 24.1 Å². The molecule has 0 saturated carbocycles. The van der Waals surface area contributed by atoms with Crippen molar-refractivity contribution < 1.29 is 23.6 Å². The molecule has 8 heteroatoms. The molecule has 1 aromatic rings. The van der Waals surface area contributed by atoms with Crippen LogP contribution in [-0.2, 0) is 19.2 Å². The van der Waals surface area contributed by atoms with Gasteiger partial charge in [0.2, 0.25) is 23.6 Å². The number of rotatable bonds is 5. The first kappa shape index (κ1) is 16.6. The van der Waals surface area contributed by atoms with Crippen molar-refractivity contribution in [2.75, 3.05) is 17.2 Å². The summed E-state index contributed by atoms with van der Waals surface area (Å²) in [6.07, 6.45) is 0.307. The van der Waals surface area contributed by atoms with Crippen LogP contribution >= 0.6 is 0 Å². The van der Waals surface area contributed by atoms with Crippen LogP contribution in [0.5, 0.6) is 0 Å². The normalized spacial score (nSPS) is 14.1.